The van der Waals surface area contributed by atoms with E-state index in [0.717, 1.165) is 12.8 Å². The number of rotatable bonds is 4. The zero-order valence-corrected chi connectivity index (χ0v) is 12.1. The Morgan fingerprint density at radius 2 is 2.32 bits per heavy atom. The Kier molecular flexibility index (Phi) is 4.90. The lowest BCUT2D eigenvalue weighted by Gasteiger charge is -2.34. The van der Waals surface area contributed by atoms with Gasteiger partial charge in [-0.25, -0.2) is 4.98 Å². The molecule has 0 bridgehead atoms. The monoisotopic (exact) mass is 318 g/mol. The first kappa shape index (κ1) is 16.5. The van der Waals surface area contributed by atoms with Gasteiger partial charge in [0.2, 0.25) is 5.88 Å². The molecule has 1 aliphatic heterocycles. The molecule has 1 aromatic rings. The van der Waals surface area contributed by atoms with Crippen molar-refractivity contribution in [2.75, 3.05) is 19.8 Å². The van der Waals surface area contributed by atoms with Crippen molar-refractivity contribution in [2.45, 2.75) is 31.5 Å². The molecule has 1 fully saturated rings. The van der Waals surface area contributed by atoms with Crippen molar-refractivity contribution in [3.63, 3.8) is 0 Å². The van der Waals surface area contributed by atoms with Crippen molar-refractivity contribution >= 4 is 5.91 Å². The first-order valence-corrected chi connectivity index (χ1v) is 6.83. The van der Waals surface area contributed by atoms with E-state index in [2.05, 4.69) is 15.0 Å². The van der Waals surface area contributed by atoms with Gasteiger partial charge in [-0.1, -0.05) is 0 Å². The minimum atomic E-state index is -4.45. The highest BCUT2D eigenvalue weighted by atomic mass is 19.4. The second-order valence-electron chi connectivity index (χ2n) is 5.46. The molecule has 1 unspecified atom stereocenters. The zero-order valence-electron chi connectivity index (χ0n) is 12.1. The van der Waals surface area contributed by atoms with E-state index in [4.69, 9.17) is 4.74 Å². The number of ether oxygens (including phenoxy) is 2. The van der Waals surface area contributed by atoms with Gasteiger partial charge < -0.3 is 14.8 Å². The molecular weight excluding hydrogens is 301 g/mol. The summed E-state index contributed by atoms with van der Waals surface area (Å²) in [5.41, 5.74) is -0.287. The van der Waals surface area contributed by atoms with Gasteiger partial charge in [0.15, 0.2) is 6.61 Å². The molecule has 0 aromatic carbocycles. The van der Waals surface area contributed by atoms with Crippen LogP contribution in [0.15, 0.2) is 18.3 Å². The van der Waals surface area contributed by atoms with Gasteiger partial charge in [0.25, 0.3) is 5.91 Å². The normalized spacial score (nSPS) is 22.2. The number of aromatic nitrogens is 1. The van der Waals surface area contributed by atoms with Crippen LogP contribution in [-0.2, 0) is 4.74 Å². The average molecular weight is 318 g/mol. The third kappa shape index (κ3) is 4.87. The fourth-order valence-electron chi connectivity index (χ4n) is 2.16. The fraction of sp³-hybridized carbons (Fsp3) is 0.571. The van der Waals surface area contributed by atoms with E-state index in [-0.39, 0.29) is 11.4 Å². The summed E-state index contributed by atoms with van der Waals surface area (Å²) in [5, 5.41) is 2.84. The van der Waals surface area contributed by atoms with Crippen molar-refractivity contribution in [2.24, 2.45) is 0 Å². The number of alkyl halides is 3. The largest absolute Gasteiger partial charge is 0.468 e. The molecule has 0 aliphatic carbocycles. The highest BCUT2D eigenvalue weighted by molar-refractivity contribution is 5.94. The smallest absolute Gasteiger partial charge is 0.422 e. The van der Waals surface area contributed by atoms with Crippen LogP contribution in [-0.4, -0.2) is 42.4 Å². The minimum absolute atomic E-state index is 0.193. The Labute approximate surface area is 125 Å². The van der Waals surface area contributed by atoms with E-state index in [1.807, 2.05) is 6.92 Å². The van der Waals surface area contributed by atoms with E-state index in [0.29, 0.717) is 13.2 Å². The summed E-state index contributed by atoms with van der Waals surface area (Å²) in [6.45, 7) is 1.49. The predicted molar refractivity (Wildman–Crippen MR) is 71.7 cm³/mol. The predicted octanol–water partition coefficient (Wildman–Crippen LogP) is 2.32. The molecule has 1 aromatic heterocycles. The van der Waals surface area contributed by atoms with Crippen LogP contribution >= 0.6 is 0 Å². The number of carbonyl (C=O) groups is 1. The third-order valence-electron chi connectivity index (χ3n) is 3.23. The number of nitrogens with one attached hydrogen (secondary N) is 1. The molecule has 2 heterocycles. The van der Waals surface area contributed by atoms with Crippen LogP contribution < -0.4 is 10.1 Å². The molecule has 0 radical (unpaired) electrons. The molecule has 1 saturated heterocycles. The van der Waals surface area contributed by atoms with Crippen LogP contribution in [0.25, 0.3) is 0 Å². The van der Waals surface area contributed by atoms with Crippen LogP contribution in [0.5, 0.6) is 5.88 Å². The maximum atomic E-state index is 12.2. The Hall–Kier alpha value is -1.83. The topological polar surface area (TPSA) is 60.5 Å². The summed E-state index contributed by atoms with van der Waals surface area (Å²) in [6.07, 6.45) is -1.60. The van der Waals surface area contributed by atoms with Gasteiger partial charge in [0.05, 0.1) is 12.1 Å². The van der Waals surface area contributed by atoms with Crippen molar-refractivity contribution < 1.29 is 27.4 Å². The van der Waals surface area contributed by atoms with Crippen molar-refractivity contribution in [3.8, 4) is 5.88 Å². The summed E-state index contributed by atoms with van der Waals surface area (Å²) < 4.78 is 46.2. The van der Waals surface area contributed by atoms with E-state index in [9.17, 15) is 18.0 Å². The lowest BCUT2D eigenvalue weighted by molar-refractivity contribution is -0.154. The number of pyridine rings is 1. The Bertz CT molecular complexity index is 528. The molecule has 5 nitrogen and oxygen atoms in total. The van der Waals surface area contributed by atoms with E-state index >= 15 is 0 Å². The number of hydrogen-bond donors (Lipinski definition) is 1. The Morgan fingerprint density at radius 3 is 2.95 bits per heavy atom. The third-order valence-corrected chi connectivity index (χ3v) is 3.23. The molecule has 0 saturated carbocycles. The fourth-order valence-corrected chi connectivity index (χ4v) is 2.16. The molecule has 1 amide bonds. The molecule has 1 N–H and O–H groups in total. The number of amides is 1. The lowest BCUT2D eigenvalue weighted by atomic mass is 9.94. The Morgan fingerprint density at radius 1 is 1.55 bits per heavy atom. The summed E-state index contributed by atoms with van der Waals surface area (Å²) >= 11 is 0. The number of carbonyl (C=O) groups excluding carboxylic acids is 1. The van der Waals surface area contributed by atoms with Crippen LogP contribution in [0.4, 0.5) is 13.2 Å². The maximum Gasteiger partial charge on any atom is 0.422 e. The molecule has 8 heteroatoms. The maximum absolute atomic E-state index is 12.2. The van der Waals surface area contributed by atoms with E-state index < -0.39 is 24.2 Å². The van der Waals surface area contributed by atoms with Gasteiger partial charge in [-0.15, -0.1) is 0 Å². The first-order chi connectivity index (χ1) is 10.3. The van der Waals surface area contributed by atoms with Gasteiger partial charge in [-0.2, -0.15) is 13.2 Å². The minimum Gasteiger partial charge on any atom is -0.468 e. The molecule has 1 aliphatic rings. The van der Waals surface area contributed by atoms with Crippen LogP contribution in [0, 0.1) is 0 Å². The second kappa shape index (κ2) is 6.51. The quantitative estimate of drug-likeness (QED) is 0.925. The molecule has 22 heavy (non-hydrogen) atoms. The van der Waals surface area contributed by atoms with Crippen LogP contribution in [0.3, 0.4) is 0 Å². The summed E-state index contributed by atoms with van der Waals surface area (Å²) in [4.78, 5) is 15.9. The van der Waals surface area contributed by atoms with Gasteiger partial charge in [-0.05, 0) is 25.8 Å². The molecule has 2 rings (SSSR count). The first-order valence-electron chi connectivity index (χ1n) is 6.83. The van der Waals surface area contributed by atoms with Gasteiger partial charge in [0, 0.05) is 24.4 Å². The zero-order chi connectivity index (χ0) is 16.2. The number of halogens is 3. The summed E-state index contributed by atoms with van der Waals surface area (Å²) in [6, 6.07) is 2.61. The summed E-state index contributed by atoms with van der Waals surface area (Å²) in [5.74, 6) is -0.637. The molecular formula is C14H17F3N2O3. The van der Waals surface area contributed by atoms with Gasteiger partial charge >= 0.3 is 6.18 Å². The van der Waals surface area contributed by atoms with Gasteiger partial charge in [-0.3, -0.25) is 4.79 Å². The van der Waals surface area contributed by atoms with E-state index in [1.54, 1.807) is 0 Å². The van der Waals surface area contributed by atoms with Crippen molar-refractivity contribution in [3.05, 3.63) is 23.9 Å². The SMILES string of the molecule is CC1(NC(=O)c2ccnc(OCC(F)(F)F)c2)CCCOC1. The van der Waals surface area contributed by atoms with Gasteiger partial charge in [0.1, 0.15) is 0 Å². The number of hydrogen-bond acceptors (Lipinski definition) is 4. The van der Waals surface area contributed by atoms with Crippen LogP contribution in [0.2, 0.25) is 0 Å². The molecule has 1 atom stereocenters. The van der Waals surface area contributed by atoms with Crippen LogP contribution in [0.1, 0.15) is 30.1 Å². The Balaban J connectivity index is 2.00. The highest BCUT2D eigenvalue weighted by Gasteiger charge is 2.30. The lowest BCUT2D eigenvalue weighted by Crippen LogP contribution is -2.51. The standard InChI is InChI=1S/C14H17F3N2O3/c1-13(4-2-6-21-8-13)19-12(20)10-3-5-18-11(7-10)22-9-14(15,16)17/h3,5,7H,2,4,6,8-9H2,1H3,(H,19,20). The summed E-state index contributed by atoms with van der Waals surface area (Å²) in [7, 11) is 0. The molecule has 0 spiro atoms. The highest BCUT2D eigenvalue weighted by Crippen LogP contribution is 2.20. The van der Waals surface area contributed by atoms with E-state index in [1.165, 1.54) is 18.3 Å². The van der Waals surface area contributed by atoms with Crippen molar-refractivity contribution in [1.82, 2.24) is 10.3 Å². The molecule has 122 valence electrons. The number of nitrogens with zero attached hydrogens (tertiary/aromatic N) is 1. The van der Waals surface area contributed by atoms with Crippen molar-refractivity contribution in [1.29, 1.82) is 0 Å². The second-order valence-corrected chi connectivity index (χ2v) is 5.46. The average Bonchev–Trinajstić information content (AvgIpc) is 2.45.